The van der Waals surface area contributed by atoms with Crippen LogP contribution in [0.1, 0.15) is 12.7 Å². The van der Waals surface area contributed by atoms with Crippen molar-refractivity contribution in [1.82, 2.24) is 9.66 Å². The largest absolute Gasteiger partial charge is 0.481 e. The van der Waals surface area contributed by atoms with E-state index in [9.17, 15) is 9.59 Å². The molecule has 7 heteroatoms. The van der Waals surface area contributed by atoms with Crippen LogP contribution in [-0.4, -0.2) is 21.7 Å². The third kappa shape index (κ3) is 3.64. The van der Waals surface area contributed by atoms with Crippen LogP contribution < -0.4 is 15.7 Å². The van der Waals surface area contributed by atoms with E-state index in [-0.39, 0.29) is 5.56 Å². The number of rotatable bonds is 4. The maximum absolute atomic E-state index is 12.6. The average Bonchev–Trinajstić information content (AvgIpc) is 2.60. The van der Waals surface area contributed by atoms with Gasteiger partial charge >= 0.3 is 0 Å². The van der Waals surface area contributed by atoms with E-state index >= 15 is 0 Å². The van der Waals surface area contributed by atoms with Gasteiger partial charge in [0.05, 0.1) is 10.9 Å². The smallest absolute Gasteiger partial charge is 0.280 e. The first-order chi connectivity index (χ1) is 12.0. The first-order valence-electron chi connectivity index (χ1n) is 7.67. The molecule has 3 aromatic rings. The van der Waals surface area contributed by atoms with Crippen molar-refractivity contribution in [2.45, 2.75) is 20.0 Å². The van der Waals surface area contributed by atoms with Gasteiger partial charge in [-0.1, -0.05) is 23.7 Å². The molecule has 0 spiro atoms. The maximum atomic E-state index is 12.6. The van der Waals surface area contributed by atoms with E-state index in [4.69, 9.17) is 16.3 Å². The van der Waals surface area contributed by atoms with Crippen molar-refractivity contribution in [3.63, 3.8) is 0 Å². The maximum Gasteiger partial charge on any atom is 0.280 e. The lowest BCUT2D eigenvalue weighted by atomic mass is 10.2. The summed E-state index contributed by atoms with van der Waals surface area (Å²) in [5.74, 6) is 0.431. The molecule has 1 atom stereocenters. The normalized spacial score (nSPS) is 12.0. The molecule has 25 heavy (non-hydrogen) atoms. The van der Waals surface area contributed by atoms with E-state index in [1.165, 1.54) is 0 Å². The number of ether oxygens (including phenoxy) is 1. The molecule has 128 valence electrons. The van der Waals surface area contributed by atoms with E-state index in [0.29, 0.717) is 27.5 Å². The lowest BCUT2D eigenvalue weighted by Crippen LogP contribution is -2.41. The highest BCUT2D eigenvalue weighted by molar-refractivity contribution is 6.30. The van der Waals surface area contributed by atoms with Crippen LogP contribution in [0.2, 0.25) is 5.02 Å². The van der Waals surface area contributed by atoms with E-state index in [1.54, 1.807) is 62.4 Å². The minimum Gasteiger partial charge on any atom is -0.481 e. The molecule has 0 bridgehead atoms. The number of nitrogens with zero attached hydrogens (tertiary/aromatic N) is 2. The second-order valence-electron chi connectivity index (χ2n) is 5.51. The molecule has 0 radical (unpaired) electrons. The molecule has 0 fully saturated rings. The Balaban J connectivity index is 1.81. The molecule has 0 aliphatic rings. The molecule has 1 N–H and O–H groups in total. The number of amides is 1. The minimum atomic E-state index is -0.807. The van der Waals surface area contributed by atoms with Crippen LogP contribution >= 0.6 is 11.6 Å². The molecule has 3 rings (SSSR count). The highest BCUT2D eigenvalue weighted by Gasteiger charge is 2.17. The first kappa shape index (κ1) is 17.0. The van der Waals surface area contributed by atoms with Crippen molar-refractivity contribution in [1.29, 1.82) is 0 Å². The van der Waals surface area contributed by atoms with Gasteiger partial charge in [0.25, 0.3) is 11.5 Å². The molecular weight excluding hydrogens is 342 g/mol. The average molecular weight is 358 g/mol. The molecule has 0 aliphatic carbocycles. The number of hydrogen-bond acceptors (Lipinski definition) is 4. The Morgan fingerprint density at radius 3 is 2.60 bits per heavy atom. The number of benzene rings is 2. The molecule has 0 aliphatic heterocycles. The number of nitrogens with one attached hydrogen (secondary N) is 1. The van der Waals surface area contributed by atoms with Crippen molar-refractivity contribution >= 4 is 28.4 Å². The number of para-hydroxylation sites is 1. The highest BCUT2D eigenvalue weighted by atomic mass is 35.5. The Bertz CT molecular complexity index is 983. The van der Waals surface area contributed by atoms with Crippen molar-refractivity contribution < 1.29 is 9.53 Å². The summed E-state index contributed by atoms with van der Waals surface area (Å²) in [5, 5.41) is 1.01. The number of aromatic nitrogens is 2. The molecule has 1 aromatic heterocycles. The first-order valence-corrected chi connectivity index (χ1v) is 8.05. The minimum absolute atomic E-state index is 0.338. The van der Waals surface area contributed by atoms with E-state index in [1.807, 2.05) is 0 Å². The zero-order chi connectivity index (χ0) is 18.0. The topological polar surface area (TPSA) is 73.2 Å². The molecule has 0 saturated carbocycles. The molecule has 1 heterocycles. The summed E-state index contributed by atoms with van der Waals surface area (Å²) in [5.41, 5.74) is 2.80. The molecule has 0 saturated heterocycles. The second kappa shape index (κ2) is 6.94. The lowest BCUT2D eigenvalue weighted by Gasteiger charge is -2.17. The van der Waals surface area contributed by atoms with Gasteiger partial charge in [0, 0.05) is 5.02 Å². The van der Waals surface area contributed by atoms with Gasteiger partial charge in [-0.25, -0.2) is 9.66 Å². The Kier molecular flexibility index (Phi) is 4.72. The number of carbonyl (C=O) groups excluding carboxylic acids is 1. The Morgan fingerprint density at radius 1 is 1.20 bits per heavy atom. The number of halogens is 1. The molecule has 0 unspecified atom stereocenters. The number of fused-ring (bicyclic) bond motifs is 1. The predicted octanol–water partition coefficient (Wildman–Crippen LogP) is 2.90. The standard InChI is InChI=1S/C18H16ClN3O3/c1-11(25-14-9-7-13(19)8-10-14)17(23)21-22-12(2)20-16-6-4-3-5-15(16)18(22)24/h3-11H,1-2H3,(H,21,23)/t11-/m0/s1. The van der Waals surface area contributed by atoms with Crippen LogP contribution in [0.3, 0.4) is 0 Å². The summed E-state index contributed by atoms with van der Waals surface area (Å²) in [6.45, 7) is 3.25. The van der Waals surface area contributed by atoms with Gasteiger partial charge < -0.3 is 4.74 Å². The quantitative estimate of drug-likeness (QED) is 0.779. The summed E-state index contributed by atoms with van der Waals surface area (Å²) in [6.07, 6.45) is -0.807. The van der Waals surface area contributed by atoms with E-state index < -0.39 is 12.0 Å². The van der Waals surface area contributed by atoms with Crippen molar-refractivity contribution in [2.24, 2.45) is 0 Å². The third-order valence-electron chi connectivity index (χ3n) is 3.66. The fourth-order valence-electron chi connectivity index (χ4n) is 2.35. The van der Waals surface area contributed by atoms with Crippen LogP contribution in [0.15, 0.2) is 53.3 Å². The molecule has 6 nitrogen and oxygen atoms in total. The fourth-order valence-corrected chi connectivity index (χ4v) is 2.47. The van der Waals surface area contributed by atoms with Gasteiger partial charge in [-0.05, 0) is 50.2 Å². The number of hydrogen-bond donors (Lipinski definition) is 1. The van der Waals surface area contributed by atoms with Gasteiger partial charge in [0.2, 0.25) is 0 Å². The number of carbonyl (C=O) groups is 1. The van der Waals surface area contributed by atoms with Gasteiger partial charge in [0.15, 0.2) is 6.10 Å². The fraction of sp³-hybridized carbons (Fsp3) is 0.167. The van der Waals surface area contributed by atoms with Crippen LogP contribution in [0.4, 0.5) is 0 Å². The van der Waals surface area contributed by atoms with Crippen LogP contribution in [0, 0.1) is 6.92 Å². The zero-order valence-corrected chi connectivity index (χ0v) is 14.4. The van der Waals surface area contributed by atoms with Gasteiger partial charge in [0.1, 0.15) is 11.6 Å². The monoisotopic (exact) mass is 357 g/mol. The Hall–Kier alpha value is -2.86. The van der Waals surface area contributed by atoms with Crippen molar-refractivity contribution in [3.05, 3.63) is 69.7 Å². The summed E-state index contributed by atoms with van der Waals surface area (Å²) in [4.78, 5) is 29.3. The van der Waals surface area contributed by atoms with Crippen molar-refractivity contribution in [2.75, 3.05) is 5.43 Å². The Labute approximate surface area is 149 Å². The van der Waals surface area contributed by atoms with E-state index in [2.05, 4.69) is 10.4 Å². The summed E-state index contributed by atoms with van der Waals surface area (Å²) in [7, 11) is 0. The lowest BCUT2D eigenvalue weighted by molar-refractivity contribution is -0.123. The molecule has 1 amide bonds. The van der Waals surface area contributed by atoms with Crippen LogP contribution in [0.25, 0.3) is 10.9 Å². The molecule has 2 aromatic carbocycles. The molecular formula is C18H16ClN3O3. The van der Waals surface area contributed by atoms with Crippen molar-refractivity contribution in [3.8, 4) is 5.75 Å². The third-order valence-corrected chi connectivity index (χ3v) is 3.91. The Morgan fingerprint density at radius 2 is 1.88 bits per heavy atom. The van der Waals surface area contributed by atoms with Gasteiger partial charge in [-0.2, -0.15) is 0 Å². The number of aryl methyl sites for hydroxylation is 1. The SMILES string of the molecule is Cc1nc2ccccc2c(=O)n1NC(=O)[C@H](C)Oc1ccc(Cl)cc1. The predicted molar refractivity (Wildman–Crippen MR) is 96.6 cm³/mol. The van der Waals surface area contributed by atoms with Crippen LogP contribution in [0.5, 0.6) is 5.75 Å². The summed E-state index contributed by atoms with van der Waals surface area (Å²) < 4.78 is 6.70. The zero-order valence-electron chi connectivity index (χ0n) is 13.7. The summed E-state index contributed by atoms with van der Waals surface area (Å²) in [6, 6.07) is 13.6. The van der Waals surface area contributed by atoms with Gasteiger partial charge in [-0.15, -0.1) is 0 Å². The summed E-state index contributed by atoms with van der Waals surface area (Å²) >= 11 is 5.82. The second-order valence-corrected chi connectivity index (χ2v) is 5.94. The van der Waals surface area contributed by atoms with E-state index in [0.717, 1.165) is 4.68 Å². The van der Waals surface area contributed by atoms with Crippen LogP contribution in [-0.2, 0) is 4.79 Å². The highest BCUT2D eigenvalue weighted by Crippen LogP contribution is 2.17. The van der Waals surface area contributed by atoms with Gasteiger partial charge in [-0.3, -0.25) is 15.0 Å².